The number of sulfonamides is 1. The number of carbonyl (C=O) groups is 2. The summed E-state index contributed by atoms with van der Waals surface area (Å²) in [7, 11) is -3.93. The highest BCUT2D eigenvalue weighted by molar-refractivity contribution is 7.92. The Bertz CT molecular complexity index is 1540. The van der Waals surface area contributed by atoms with Crippen molar-refractivity contribution < 1.29 is 27.5 Å². The number of anilines is 1. The smallest absolute Gasteiger partial charge is 0.244 e. The summed E-state index contributed by atoms with van der Waals surface area (Å²) in [4.78, 5) is 29.2. The molecule has 3 aromatic carbocycles. The average Bonchev–Trinajstić information content (AvgIpc) is 3.42. The second-order valence-electron chi connectivity index (χ2n) is 10.4. The maximum absolute atomic E-state index is 14.2. The molecule has 1 aliphatic heterocycles. The number of nitrogens with one attached hydrogen (secondary N) is 1. The van der Waals surface area contributed by atoms with Gasteiger partial charge in [0.2, 0.25) is 28.6 Å². The Morgan fingerprint density at radius 3 is 2.31 bits per heavy atom. The Morgan fingerprint density at radius 2 is 1.64 bits per heavy atom. The maximum Gasteiger partial charge on any atom is 0.244 e. The first-order valence-electron chi connectivity index (χ1n) is 13.3. The molecule has 3 aromatic rings. The lowest BCUT2D eigenvalue weighted by molar-refractivity contribution is -0.140. The van der Waals surface area contributed by atoms with Crippen molar-refractivity contribution in [1.29, 1.82) is 0 Å². The van der Waals surface area contributed by atoms with E-state index in [1.54, 1.807) is 30.3 Å². The third kappa shape index (κ3) is 8.08. The number of fused-ring (bicyclic) bond motifs is 1. The number of carbonyl (C=O) groups excluding carboxylic acids is 2. The van der Waals surface area contributed by atoms with Crippen molar-refractivity contribution in [1.82, 2.24) is 10.2 Å². The highest BCUT2D eigenvalue weighted by Crippen LogP contribution is 2.36. The molecule has 0 saturated carbocycles. The van der Waals surface area contributed by atoms with Crippen molar-refractivity contribution in [3.8, 4) is 11.5 Å². The largest absolute Gasteiger partial charge is 0.454 e. The van der Waals surface area contributed by atoms with Gasteiger partial charge in [-0.05, 0) is 41.3 Å². The molecule has 0 saturated heterocycles. The van der Waals surface area contributed by atoms with Crippen LogP contribution in [0, 0.1) is 5.92 Å². The second kappa shape index (κ2) is 13.7. The van der Waals surface area contributed by atoms with Crippen LogP contribution in [0.25, 0.3) is 0 Å². The van der Waals surface area contributed by atoms with Crippen molar-refractivity contribution in [3.05, 3.63) is 87.9 Å². The Balaban J connectivity index is 1.73. The van der Waals surface area contributed by atoms with E-state index in [-0.39, 0.29) is 37.3 Å². The lowest BCUT2D eigenvalue weighted by Gasteiger charge is -2.33. The molecule has 12 heteroatoms. The van der Waals surface area contributed by atoms with Crippen LogP contribution >= 0.6 is 23.2 Å². The van der Waals surface area contributed by atoms with Crippen molar-refractivity contribution in [2.75, 3.05) is 30.4 Å². The Hall–Kier alpha value is -3.47. The fraction of sp³-hybridized carbons (Fsp3) is 0.333. The molecule has 0 bridgehead atoms. The summed E-state index contributed by atoms with van der Waals surface area (Å²) in [6.07, 6.45) is 1.23. The molecule has 42 heavy (non-hydrogen) atoms. The van der Waals surface area contributed by atoms with Gasteiger partial charge >= 0.3 is 0 Å². The van der Waals surface area contributed by atoms with Gasteiger partial charge in [-0.3, -0.25) is 13.9 Å². The first kappa shape index (κ1) is 31.5. The normalized spacial score (nSPS) is 13.1. The van der Waals surface area contributed by atoms with Gasteiger partial charge in [0.15, 0.2) is 11.5 Å². The molecule has 4 rings (SSSR count). The number of rotatable bonds is 12. The van der Waals surface area contributed by atoms with Crippen LogP contribution in [0.4, 0.5) is 5.69 Å². The molecule has 1 atom stereocenters. The molecular formula is C30H33Cl2N3O6S. The average molecular weight is 635 g/mol. The summed E-state index contributed by atoms with van der Waals surface area (Å²) >= 11 is 12.4. The third-order valence-electron chi connectivity index (χ3n) is 6.62. The maximum atomic E-state index is 14.2. The number of nitrogens with zero attached hydrogens (tertiary/aromatic N) is 2. The molecular weight excluding hydrogens is 601 g/mol. The molecule has 0 unspecified atom stereocenters. The van der Waals surface area contributed by atoms with Gasteiger partial charge in [0, 0.05) is 25.6 Å². The number of hydrogen-bond acceptors (Lipinski definition) is 6. The summed E-state index contributed by atoms with van der Waals surface area (Å²) in [5, 5.41) is 3.59. The van der Waals surface area contributed by atoms with E-state index in [2.05, 4.69) is 5.32 Å². The summed E-state index contributed by atoms with van der Waals surface area (Å²) in [6.45, 7) is 3.80. The first-order valence-corrected chi connectivity index (χ1v) is 15.9. The molecule has 1 aliphatic rings. The number of hydrogen-bond donors (Lipinski definition) is 1. The molecule has 2 amide bonds. The predicted octanol–water partition coefficient (Wildman–Crippen LogP) is 4.90. The SMILES string of the molecule is CC(C)CNC(=O)[C@@H](Cc1ccccc1)N(Cc1ccc(Cl)c(Cl)c1)C(=O)CN(c1ccc2c(c1)OCO2)S(C)(=O)=O. The molecule has 0 radical (unpaired) electrons. The molecule has 1 N–H and O–H groups in total. The molecule has 1 heterocycles. The van der Waals surface area contributed by atoms with Crippen LogP contribution < -0.4 is 19.1 Å². The van der Waals surface area contributed by atoms with Gasteiger partial charge in [0.05, 0.1) is 22.0 Å². The van der Waals surface area contributed by atoms with E-state index in [1.165, 1.54) is 11.0 Å². The van der Waals surface area contributed by atoms with Crippen LogP contribution in [-0.4, -0.2) is 57.3 Å². The highest BCUT2D eigenvalue weighted by atomic mass is 35.5. The van der Waals surface area contributed by atoms with Gasteiger partial charge in [0.1, 0.15) is 12.6 Å². The zero-order valence-corrected chi connectivity index (χ0v) is 25.9. The molecule has 0 aromatic heterocycles. The van der Waals surface area contributed by atoms with E-state index >= 15 is 0 Å². The first-order chi connectivity index (χ1) is 19.9. The Labute approximate surface area is 256 Å². The minimum absolute atomic E-state index is 0.0128. The highest BCUT2D eigenvalue weighted by Gasteiger charge is 2.33. The number of ether oxygens (including phenoxy) is 2. The van der Waals surface area contributed by atoms with Crippen molar-refractivity contribution in [2.24, 2.45) is 5.92 Å². The summed E-state index contributed by atoms with van der Waals surface area (Å²) in [5.74, 6) is 0.0952. The van der Waals surface area contributed by atoms with E-state index in [1.807, 2.05) is 44.2 Å². The van der Waals surface area contributed by atoms with Crippen LogP contribution in [0.5, 0.6) is 11.5 Å². The summed E-state index contributed by atoms with van der Waals surface area (Å²) in [6, 6.07) is 18.0. The fourth-order valence-electron chi connectivity index (χ4n) is 4.47. The fourth-order valence-corrected chi connectivity index (χ4v) is 5.63. The van der Waals surface area contributed by atoms with Gasteiger partial charge in [-0.15, -0.1) is 0 Å². The minimum Gasteiger partial charge on any atom is -0.454 e. The van der Waals surface area contributed by atoms with Gasteiger partial charge in [-0.1, -0.05) is 73.4 Å². The van der Waals surface area contributed by atoms with Gasteiger partial charge in [0.25, 0.3) is 0 Å². The van der Waals surface area contributed by atoms with E-state index in [0.29, 0.717) is 33.7 Å². The lowest BCUT2D eigenvalue weighted by Crippen LogP contribution is -2.53. The third-order valence-corrected chi connectivity index (χ3v) is 8.50. The number of amides is 2. The van der Waals surface area contributed by atoms with Crippen molar-refractivity contribution >= 4 is 50.7 Å². The Kier molecular flexibility index (Phi) is 10.2. The topological polar surface area (TPSA) is 105 Å². The summed E-state index contributed by atoms with van der Waals surface area (Å²) in [5.41, 5.74) is 1.69. The van der Waals surface area contributed by atoms with Gasteiger partial charge < -0.3 is 19.7 Å². The lowest BCUT2D eigenvalue weighted by atomic mass is 10.0. The zero-order valence-electron chi connectivity index (χ0n) is 23.5. The van der Waals surface area contributed by atoms with Crippen LogP contribution in [0.1, 0.15) is 25.0 Å². The van der Waals surface area contributed by atoms with Crippen molar-refractivity contribution in [3.63, 3.8) is 0 Å². The molecule has 0 spiro atoms. The predicted molar refractivity (Wildman–Crippen MR) is 164 cm³/mol. The van der Waals surface area contributed by atoms with Gasteiger partial charge in [-0.25, -0.2) is 8.42 Å². The number of halogens is 2. The molecule has 9 nitrogen and oxygen atoms in total. The zero-order chi connectivity index (χ0) is 30.4. The van der Waals surface area contributed by atoms with E-state index < -0.39 is 28.5 Å². The van der Waals surface area contributed by atoms with Crippen LogP contribution in [0.15, 0.2) is 66.7 Å². The van der Waals surface area contributed by atoms with Crippen LogP contribution in [0.3, 0.4) is 0 Å². The molecule has 0 fully saturated rings. The van der Waals surface area contributed by atoms with Gasteiger partial charge in [-0.2, -0.15) is 0 Å². The second-order valence-corrected chi connectivity index (χ2v) is 13.1. The standard InChI is InChI=1S/C30H33Cl2N3O6S/c1-20(2)16-33-30(37)26(14-21-7-5-4-6-8-21)34(17-22-9-11-24(31)25(32)13-22)29(36)18-35(42(3,38)39)23-10-12-27-28(15-23)41-19-40-27/h4-13,15,20,26H,14,16-19H2,1-3H3,(H,33,37)/t26-/m1/s1. The van der Waals surface area contributed by atoms with E-state index in [4.69, 9.17) is 32.7 Å². The monoisotopic (exact) mass is 633 g/mol. The van der Waals surface area contributed by atoms with E-state index in [0.717, 1.165) is 16.1 Å². The Morgan fingerprint density at radius 1 is 0.929 bits per heavy atom. The molecule has 224 valence electrons. The van der Waals surface area contributed by atoms with E-state index in [9.17, 15) is 18.0 Å². The number of benzene rings is 3. The molecule has 0 aliphatic carbocycles. The quantitative estimate of drug-likeness (QED) is 0.304. The van der Waals surface area contributed by atoms with Crippen molar-refractivity contribution in [2.45, 2.75) is 32.9 Å². The summed E-state index contributed by atoms with van der Waals surface area (Å²) < 4.78 is 37.7. The van der Waals surface area contributed by atoms with Crippen LogP contribution in [0.2, 0.25) is 10.0 Å². The van der Waals surface area contributed by atoms with Crippen LogP contribution in [-0.2, 0) is 32.6 Å². The minimum atomic E-state index is -3.93.